The quantitative estimate of drug-likeness (QED) is 0.763. The van der Waals surface area contributed by atoms with E-state index in [2.05, 4.69) is 11.9 Å². The van der Waals surface area contributed by atoms with E-state index in [0.29, 0.717) is 11.1 Å². The number of carbonyl (C=O) groups is 1. The molecule has 0 aliphatic heterocycles. The molecule has 0 unspecified atom stereocenters. The van der Waals surface area contributed by atoms with Crippen molar-refractivity contribution < 1.29 is 13.6 Å². The molecule has 1 aromatic carbocycles. The summed E-state index contributed by atoms with van der Waals surface area (Å²) in [5.74, 6) is -1.92. The minimum atomic E-state index is -0.977. The Morgan fingerprint density at radius 1 is 1.44 bits per heavy atom. The number of hydrogen-bond donors (Lipinski definition) is 2. The predicted octanol–water partition coefficient (Wildman–Crippen LogP) is 2.25. The minimum absolute atomic E-state index is 0.394. The van der Waals surface area contributed by atoms with Crippen molar-refractivity contribution in [3.8, 4) is 0 Å². The molecule has 16 heavy (non-hydrogen) atoms. The first-order valence-electron chi connectivity index (χ1n) is 4.58. The molecule has 1 aromatic rings. The van der Waals surface area contributed by atoms with E-state index in [4.69, 9.17) is 5.73 Å². The molecular formula is C11H12F2N2O. The molecule has 0 radical (unpaired) electrons. The molecule has 0 bridgehead atoms. The number of hydrogen-bond acceptors (Lipinski definition) is 1. The van der Waals surface area contributed by atoms with Crippen molar-refractivity contribution in [1.82, 2.24) is 5.32 Å². The highest BCUT2D eigenvalue weighted by Crippen LogP contribution is 2.21. The second-order valence-corrected chi connectivity index (χ2v) is 3.46. The molecule has 86 valence electrons. The van der Waals surface area contributed by atoms with Crippen molar-refractivity contribution in [2.75, 3.05) is 0 Å². The summed E-state index contributed by atoms with van der Waals surface area (Å²) in [6.45, 7) is 5.31. The van der Waals surface area contributed by atoms with Crippen LogP contribution in [0, 0.1) is 11.6 Å². The number of nitrogens with two attached hydrogens (primary N) is 1. The van der Waals surface area contributed by atoms with Gasteiger partial charge in [0.05, 0.1) is 6.04 Å². The molecule has 0 fully saturated rings. The molecule has 0 aliphatic carbocycles. The van der Waals surface area contributed by atoms with Crippen LogP contribution in [0.4, 0.5) is 13.6 Å². The number of amides is 2. The molecule has 1 atom stereocenters. The van der Waals surface area contributed by atoms with E-state index in [-0.39, 0.29) is 0 Å². The fourth-order valence-electron chi connectivity index (χ4n) is 1.33. The highest BCUT2D eigenvalue weighted by atomic mass is 19.2. The van der Waals surface area contributed by atoms with Crippen molar-refractivity contribution in [2.24, 2.45) is 5.73 Å². The summed E-state index contributed by atoms with van der Waals surface area (Å²) in [6, 6.07) is 1.99. The third kappa shape index (κ3) is 2.79. The highest BCUT2D eigenvalue weighted by Gasteiger charge is 2.15. The number of nitrogens with one attached hydrogen (secondary N) is 1. The van der Waals surface area contributed by atoms with Gasteiger partial charge in [0.1, 0.15) is 0 Å². The summed E-state index contributed by atoms with van der Waals surface area (Å²) in [5.41, 5.74) is 5.95. The van der Waals surface area contributed by atoms with Crippen LogP contribution in [0.2, 0.25) is 0 Å². The van der Waals surface area contributed by atoms with E-state index < -0.39 is 23.7 Å². The summed E-state index contributed by atoms with van der Waals surface area (Å²) in [7, 11) is 0. The van der Waals surface area contributed by atoms with Gasteiger partial charge in [-0.3, -0.25) is 0 Å². The number of carbonyl (C=O) groups excluding carboxylic acids is 1. The molecule has 2 amide bonds. The summed E-state index contributed by atoms with van der Waals surface area (Å²) in [6.07, 6.45) is 0. The number of primary amides is 1. The van der Waals surface area contributed by atoms with Crippen LogP contribution >= 0.6 is 0 Å². The lowest BCUT2D eigenvalue weighted by molar-refractivity contribution is 0.246. The van der Waals surface area contributed by atoms with Gasteiger partial charge in [-0.25, -0.2) is 13.6 Å². The number of rotatable bonds is 3. The third-order valence-electron chi connectivity index (χ3n) is 2.06. The second-order valence-electron chi connectivity index (χ2n) is 3.46. The van der Waals surface area contributed by atoms with Gasteiger partial charge in [-0.1, -0.05) is 18.2 Å². The lowest BCUT2D eigenvalue weighted by Gasteiger charge is -2.18. The van der Waals surface area contributed by atoms with E-state index >= 15 is 0 Å². The molecule has 3 N–H and O–H groups in total. The summed E-state index contributed by atoms with van der Waals surface area (Å²) >= 11 is 0. The first-order valence-corrected chi connectivity index (χ1v) is 4.58. The number of halogens is 2. The van der Waals surface area contributed by atoms with Crippen LogP contribution in [0.1, 0.15) is 18.5 Å². The van der Waals surface area contributed by atoms with Crippen LogP contribution < -0.4 is 11.1 Å². The van der Waals surface area contributed by atoms with Gasteiger partial charge in [0.15, 0.2) is 11.6 Å². The molecule has 0 spiro atoms. The summed E-state index contributed by atoms with van der Waals surface area (Å²) < 4.78 is 25.7. The van der Waals surface area contributed by atoms with Gasteiger partial charge in [-0.05, 0) is 24.6 Å². The topological polar surface area (TPSA) is 55.1 Å². The monoisotopic (exact) mass is 226 g/mol. The van der Waals surface area contributed by atoms with Crippen molar-refractivity contribution in [1.29, 1.82) is 0 Å². The Morgan fingerprint density at radius 3 is 2.50 bits per heavy atom. The van der Waals surface area contributed by atoms with Gasteiger partial charge >= 0.3 is 6.03 Å². The largest absolute Gasteiger partial charge is 0.352 e. The Labute approximate surface area is 91.9 Å². The normalized spacial score (nSPS) is 11.9. The maximum Gasteiger partial charge on any atom is 0.312 e. The minimum Gasteiger partial charge on any atom is -0.352 e. The zero-order valence-corrected chi connectivity index (χ0v) is 8.76. The third-order valence-corrected chi connectivity index (χ3v) is 2.06. The lowest BCUT2D eigenvalue weighted by Crippen LogP contribution is -2.33. The van der Waals surface area contributed by atoms with E-state index in [1.54, 1.807) is 6.92 Å². The fourth-order valence-corrected chi connectivity index (χ4v) is 1.33. The van der Waals surface area contributed by atoms with Gasteiger partial charge in [0, 0.05) is 0 Å². The highest BCUT2D eigenvalue weighted by molar-refractivity contribution is 5.72. The Morgan fingerprint density at radius 2 is 2.06 bits per heavy atom. The predicted molar refractivity (Wildman–Crippen MR) is 56.6 cm³/mol. The van der Waals surface area contributed by atoms with E-state index in [9.17, 15) is 13.6 Å². The van der Waals surface area contributed by atoms with Crippen LogP contribution in [-0.4, -0.2) is 6.03 Å². The van der Waals surface area contributed by atoms with Crippen LogP contribution in [0.25, 0.3) is 0 Å². The van der Waals surface area contributed by atoms with Crippen LogP contribution in [0.15, 0.2) is 30.4 Å². The van der Waals surface area contributed by atoms with Crippen LogP contribution in [0.3, 0.4) is 0 Å². The van der Waals surface area contributed by atoms with Gasteiger partial charge in [-0.2, -0.15) is 0 Å². The van der Waals surface area contributed by atoms with Gasteiger partial charge < -0.3 is 11.1 Å². The van der Waals surface area contributed by atoms with Crippen molar-refractivity contribution in [3.05, 3.63) is 47.5 Å². The SMILES string of the molecule is C=C(C)[C@H](NC(N)=O)c1ccc(F)c(F)c1. The van der Waals surface area contributed by atoms with Crippen molar-refractivity contribution in [3.63, 3.8) is 0 Å². The summed E-state index contributed by atoms with van der Waals surface area (Å²) in [4.78, 5) is 10.7. The Balaban J connectivity index is 3.06. The second kappa shape index (κ2) is 4.74. The molecule has 5 heteroatoms. The fraction of sp³-hybridized carbons (Fsp3) is 0.182. The van der Waals surface area contributed by atoms with E-state index in [0.717, 1.165) is 12.1 Å². The van der Waals surface area contributed by atoms with E-state index in [1.807, 2.05) is 0 Å². The van der Waals surface area contributed by atoms with Gasteiger partial charge in [0.25, 0.3) is 0 Å². The molecule has 1 rings (SSSR count). The number of benzene rings is 1. The maximum atomic E-state index is 13.0. The molecule has 0 saturated heterocycles. The smallest absolute Gasteiger partial charge is 0.312 e. The first kappa shape index (κ1) is 12.2. The Kier molecular flexibility index (Phi) is 3.60. The average molecular weight is 226 g/mol. The van der Waals surface area contributed by atoms with E-state index in [1.165, 1.54) is 6.07 Å². The van der Waals surface area contributed by atoms with Crippen LogP contribution in [0.5, 0.6) is 0 Å². The molecule has 0 aromatic heterocycles. The van der Waals surface area contributed by atoms with Crippen molar-refractivity contribution in [2.45, 2.75) is 13.0 Å². The first-order chi connectivity index (χ1) is 7.41. The maximum absolute atomic E-state index is 13.0. The average Bonchev–Trinajstić information content (AvgIpc) is 2.18. The van der Waals surface area contributed by atoms with Gasteiger partial charge in [0.2, 0.25) is 0 Å². The molecular weight excluding hydrogens is 214 g/mol. The lowest BCUT2D eigenvalue weighted by atomic mass is 10.0. The summed E-state index contributed by atoms with van der Waals surface area (Å²) in [5, 5.41) is 2.39. The Hall–Kier alpha value is -1.91. The molecule has 3 nitrogen and oxygen atoms in total. The molecule has 0 heterocycles. The van der Waals surface area contributed by atoms with Crippen molar-refractivity contribution >= 4 is 6.03 Å². The number of urea groups is 1. The standard InChI is InChI=1S/C11H12F2N2O/c1-6(2)10(15-11(14)16)7-3-4-8(12)9(13)5-7/h3-5,10H,1H2,2H3,(H3,14,15,16)/t10-/m0/s1. The van der Waals surface area contributed by atoms with Gasteiger partial charge in [-0.15, -0.1) is 0 Å². The zero-order valence-electron chi connectivity index (χ0n) is 8.76. The van der Waals surface area contributed by atoms with Crippen LogP contribution in [-0.2, 0) is 0 Å². The molecule has 0 saturated carbocycles. The molecule has 0 aliphatic rings. The zero-order chi connectivity index (χ0) is 12.3. The Bertz CT molecular complexity index is 432.